The quantitative estimate of drug-likeness (QED) is 0.791. The van der Waals surface area contributed by atoms with Crippen LogP contribution in [-0.2, 0) is 0 Å². The van der Waals surface area contributed by atoms with Crippen LogP contribution in [0.4, 0.5) is 0 Å². The van der Waals surface area contributed by atoms with Gasteiger partial charge in [0.15, 0.2) is 5.96 Å². The number of piperidine rings is 1. The SMILES string of the molecule is CC1CCC2CN=C(N[C@@H](C)c3ccccc3)N2C1.I. The summed E-state index contributed by atoms with van der Waals surface area (Å²) >= 11 is 0. The molecule has 1 saturated heterocycles. The number of benzene rings is 1. The van der Waals surface area contributed by atoms with Gasteiger partial charge in [0.1, 0.15) is 0 Å². The lowest BCUT2D eigenvalue weighted by Gasteiger charge is -2.36. The van der Waals surface area contributed by atoms with Crippen LogP contribution in [0.25, 0.3) is 0 Å². The first-order chi connectivity index (χ1) is 9.24. The fourth-order valence-electron chi connectivity index (χ4n) is 3.09. The van der Waals surface area contributed by atoms with Gasteiger partial charge in [-0.1, -0.05) is 37.3 Å². The Morgan fingerprint density at radius 2 is 2.00 bits per heavy atom. The number of aliphatic imine (C=N–C) groups is 1. The van der Waals surface area contributed by atoms with E-state index in [1.165, 1.54) is 18.4 Å². The summed E-state index contributed by atoms with van der Waals surface area (Å²) in [5.41, 5.74) is 1.32. The molecule has 0 radical (unpaired) electrons. The van der Waals surface area contributed by atoms with E-state index < -0.39 is 0 Å². The fraction of sp³-hybridized carbons (Fsp3) is 0.562. The van der Waals surface area contributed by atoms with Crippen molar-refractivity contribution in [1.82, 2.24) is 10.2 Å². The summed E-state index contributed by atoms with van der Waals surface area (Å²) in [6, 6.07) is 11.5. The third kappa shape index (κ3) is 3.27. The summed E-state index contributed by atoms with van der Waals surface area (Å²) in [5.74, 6) is 1.89. The zero-order valence-electron chi connectivity index (χ0n) is 12.2. The highest BCUT2D eigenvalue weighted by Crippen LogP contribution is 2.26. The van der Waals surface area contributed by atoms with Crippen molar-refractivity contribution in [3.8, 4) is 0 Å². The molecule has 110 valence electrons. The number of fused-ring (bicyclic) bond motifs is 1. The molecule has 0 spiro atoms. The Balaban J connectivity index is 0.00000147. The molecule has 1 fully saturated rings. The molecule has 20 heavy (non-hydrogen) atoms. The van der Waals surface area contributed by atoms with E-state index in [0.717, 1.165) is 25.0 Å². The second-order valence-corrected chi connectivity index (χ2v) is 5.93. The van der Waals surface area contributed by atoms with Gasteiger partial charge in [0.2, 0.25) is 0 Å². The highest BCUT2D eigenvalue weighted by Gasteiger charge is 2.33. The summed E-state index contributed by atoms with van der Waals surface area (Å²) in [7, 11) is 0. The molecule has 0 aromatic heterocycles. The number of guanidine groups is 1. The maximum absolute atomic E-state index is 4.71. The molecule has 1 aromatic carbocycles. The smallest absolute Gasteiger partial charge is 0.194 e. The number of nitrogens with one attached hydrogen (secondary N) is 1. The number of hydrogen-bond acceptors (Lipinski definition) is 3. The molecule has 3 atom stereocenters. The van der Waals surface area contributed by atoms with Crippen molar-refractivity contribution >= 4 is 29.9 Å². The third-order valence-electron chi connectivity index (χ3n) is 4.31. The Hall–Kier alpha value is -0.780. The average molecular weight is 385 g/mol. The number of nitrogens with zero attached hydrogens (tertiary/aromatic N) is 2. The van der Waals surface area contributed by atoms with Gasteiger partial charge in [-0.2, -0.15) is 0 Å². The standard InChI is InChI=1S/C16H23N3.HI/c1-12-8-9-15-10-17-16(19(15)11-12)18-13(2)14-6-4-3-5-7-14;/h3-7,12-13,15H,8-11H2,1-2H3,(H,17,18);1H/t12?,13-,15?;/m0./s1. The summed E-state index contributed by atoms with van der Waals surface area (Å²) in [4.78, 5) is 7.19. The lowest BCUT2D eigenvalue weighted by Crippen LogP contribution is -2.48. The van der Waals surface area contributed by atoms with Gasteiger partial charge in [0.25, 0.3) is 0 Å². The van der Waals surface area contributed by atoms with Crippen molar-refractivity contribution in [3.63, 3.8) is 0 Å². The minimum Gasteiger partial charge on any atom is -0.350 e. The molecule has 3 rings (SSSR count). The largest absolute Gasteiger partial charge is 0.350 e. The minimum atomic E-state index is 0. The van der Waals surface area contributed by atoms with Crippen LogP contribution >= 0.6 is 24.0 Å². The second kappa shape index (κ2) is 6.78. The first-order valence-corrected chi connectivity index (χ1v) is 7.36. The van der Waals surface area contributed by atoms with Gasteiger partial charge in [0, 0.05) is 6.54 Å². The highest BCUT2D eigenvalue weighted by atomic mass is 127. The predicted molar refractivity (Wildman–Crippen MR) is 94.6 cm³/mol. The topological polar surface area (TPSA) is 27.6 Å². The molecule has 0 bridgehead atoms. The van der Waals surface area contributed by atoms with Gasteiger partial charge in [-0.3, -0.25) is 4.99 Å². The Bertz CT molecular complexity index is 460. The van der Waals surface area contributed by atoms with Crippen molar-refractivity contribution < 1.29 is 0 Å². The van der Waals surface area contributed by atoms with E-state index in [-0.39, 0.29) is 24.0 Å². The summed E-state index contributed by atoms with van der Waals surface area (Å²) < 4.78 is 0. The third-order valence-corrected chi connectivity index (χ3v) is 4.31. The van der Waals surface area contributed by atoms with Crippen molar-refractivity contribution in [2.24, 2.45) is 10.9 Å². The van der Waals surface area contributed by atoms with Crippen LogP contribution in [0.2, 0.25) is 0 Å². The van der Waals surface area contributed by atoms with Gasteiger partial charge >= 0.3 is 0 Å². The molecule has 1 N–H and O–H groups in total. The molecule has 0 aliphatic carbocycles. The van der Waals surface area contributed by atoms with E-state index in [9.17, 15) is 0 Å². The molecule has 2 aliphatic heterocycles. The summed E-state index contributed by atoms with van der Waals surface area (Å²) in [6.45, 7) is 6.67. The van der Waals surface area contributed by atoms with E-state index >= 15 is 0 Å². The van der Waals surface area contributed by atoms with Gasteiger partial charge in [-0.05, 0) is 31.2 Å². The Morgan fingerprint density at radius 3 is 2.75 bits per heavy atom. The first kappa shape index (κ1) is 15.6. The summed E-state index contributed by atoms with van der Waals surface area (Å²) in [5, 5.41) is 3.59. The highest BCUT2D eigenvalue weighted by molar-refractivity contribution is 14.0. The fourth-order valence-corrected chi connectivity index (χ4v) is 3.09. The normalized spacial score (nSPS) is 26.3. The molecule has 3 nitrogen and oxygen atoms in total. The van der Waals surface area contributed by atoms with Crippen LogP contribution < -0.4 is 5.32 Å². The predicted octanol–water partition coefficient (Wildman–Crippen LogP) is 3.43. The van der Waals surface area contributed by atoms with E-state index in [1.54, 1.807) is 0 Å². The molecule has 2 unspecified atom stereocenters. The molecule has 4 heteroatoms. The molecule has 0 amide bonds. The number of halogens is 1. The van der Waals surface area contributed by atoms with Crippen LogP contribution in [0.15, 0.2) is 35.3 Å². The lowest BCUT2D eigenvalue weighted by atomic mass is 9.95. The zero-order chi connectivity index (χ0) is 13.2. The van der Waals surface area contributed by atoms with Crippen LogP contribution in [0.5, 0.6) is 0 Å². The first-order valence-electron chi connectivity index (χ1n) is 7.36. The Kier molecular flexibility index (Phi) is 5.29. The van der Waals surface area contributed by atoms with E-state index in [4.69, 9.17) is 4.99 Å². The molecular weight excluding hydrogens is 361 g/mol. The van der Waals surface area contributed by atoms with Crippen molar-refractivity contribution in [2.75, 3.05) is 13.1 Å². The summed E-state index contributed by atoms with van der Waals surface area (Å²) in [6.07, 6.45) is 2.63. The molecule has 2 aliphatic rings. The Labute approximate surface area is 138 Å². The van der Waals surface area contributed by atoms with Crippen molar-refractivity contribution in [3.05, 3.63) is 35.9 Å². The van der Waals surface area contributed by atoms with Crippen LogP contribution in [-0.4, -0.2) is 30.0 Å². The lowest BCUT2D eigenvalue weighted by molar-refractivity contribution is 0.210. The van der Waals surface area contributed by atoms with Crippen molar-refractivity contribution in [1.29, 1.82) is 0 Å². The van der Waals surface area contributed by atoms with Crippen LogP contribution in [0.3, 0.4) is 0 Å². The number of hydrogen-bond donors (Lipinski definition) is 1. The molecule has 2 heterocycles. The molecule has 0 saturated carbocycles. The van der Waals surface area contributed by atoms with E-state index in [1.807, 2.05) is 0 Å². The number of rotatable bonds is 2. The van der Waals surface area contributed by atoms with Crippen molar-refractivity contribution in [2.45, 2.75) is 38.8 Å². The van der Waals surface area contributed by atoms with Gasteiger partial charge < -0.3 is 10.2 Å². The minimum absolute atomic E-state index is 0. The van der Waals surface area contributed by atoms with Gasteiger partial charge in [-0.25, -0.2) is 0 Å². The van der Waals surface area contributed by atoms with Gasteiger partial charge in [-0.15, -0.1) is 24.0 Å². The molecular formula is C16H24IN3. The average Bonchev–Trinajstić information content (AvgIpc) is 2.82. The maximum Gasteiger partial charge on any atom is 0.194 e. The monoisotopic (exact) mass is 385 g/mol. The van der Waals surface area contributed by atoms with Crippen LogP contribution in [0.1, 0.15) is 38.3 Å². The van der Waals surface area contributed by atoms with Crippen LogP contribution in [0, 0.1) is 5.92 Å². The van der Waals surface area contributed by atoms with E-state index in [2.05, 4.69) is 54.4 Å². The second-order valence-electron chi connectivity index (χ2n) is 5.93. The van der Waals surface area contributed by atoms with E-state index in [0.29, 0.717) is 12.1 Å². The zero-order valence-corrected chi connectivity index (χ0v) is 14.6. The Morgan fingerprint density at radius 1 is 1.25 bits per heavy atom. The maximum atomic E-state index is 4.71. The molecule has 1 aromatic rings. The van der Waals surface area contributed by atoms with Gasteiger partial charge in [0.05, 0.1) is 18.6 Å².